The predicted molar refractivity (Wildman–Crippen MR) is 79.2 cm³/mol. The first-order valence-electron chi connectivity index (χ1n) is 7.20. The monoisotopic (exact) mass is 289 g/mol. The van der Waals surface area contributed by atoms with Gasteiger partial charge in [-0.25, -0.2) is 0 Å². The molecule has 0 unspecified atom stereocenters. The SMILES string of the molecule is CO[Si](OC)N1CCCNCCNCCCNCC1. The molecule has 1 aliphatic heterocycles. The van der Waals surface area contributed by atoms with E-state index in [4.69, 9.17) is 8.85 Å². The molecule has 1 radical (unpaired) electrons. The lowest BCUT2D eigenvalue weighted by Gasteiger charge is -2.26. The van der Waals surface area contributed by atoms with Crippen LogP contribution in [0.1, 0.15) is 12.8 Å². The Kier molecular flexibility index (Phi) is 10.6. The molecule has 0 aliphatic carbocycles. The van der Waals surface area contributed by atoms with Crippen molar-refractivity contribution in [1.82, 2.24) is 20.5 Å². The minimum absolute atomic E-state index is 0.989. The zero-order chi connectivity index (χ0) is 13.8. The molecule has 7 heteroatoms. The first-order valence-corrected chi connectivity index (χ1v) is 8.47. The Morgan fingerprint density at radius 3 is 1.95 bits per heavy atom. The molecule has 0 saturated carbocycles. The van der Waals surface area contributed by atoms with Gasteiger partial charge < -0.3 is 24.8 Å². The van der Waals surface area contributed by atoms with E-state index in [0.29, 0.717) is 0 Å². The highest BCUT2D eigenvalue weighted by Crippen LogP contribution is 1.98. The fourth-order valence-corrected chi connectivity index (χ4v) is 3.45. The van der Waals surface area contributed by atoms with Crippen molar-refractivity contribution in [2.45, 2.75) is 12.8 Å². The topological polar surface area (TPSA) is 57.8 Å². The maximum atomic E-state index is 5.46. The van der Waals surface area contributed by atoms with Gasteiger partial charge in [-0.05, 0) is 39.0 Å². The first-order chi connectivity index (χ1) is 9.38. The van der Waals surface area contributed by atoms with E-state index < -0.39 is 9.45 Å². The maximum absolute atomic E-state index is 5.46. The lowest BCUT2D eigenvalue weighted by Crippen LogP contribution is -2.47. The molecule has 1 fully saturated rings. The van der Waals surface area contributed by atoms with Gasteiger partial charge in [0, 0.05) is 40.4 Å². The summed E-state index contributed by atoms with van der Waals surface area (Å²) < 4.78 is 13.2. The van der Waals surface area contributed by atoms with E-state index >= 15 is 0 Å². The second-order valence-electron chi connectivity index (χ2n) is 4.62. The molecule has 0 aromatic heterocycles. The highest BCUT2D eigenvalue weighted by molar-refractivity contribution is 6.40. The van der Waals surface area contributed by atoms with E-state index in [2.05, 4.69) is 20.5 Å². The van der Waals surface area contributed by atoms with Crippen LogP contribution in [0.25, 0.3) is 0 Å². The maximum Gasteiger partial charge on any atom is 0.490 e. The smallest absolute Gasteiger partial charge is 0.384 e. The van der Waals surface area contributed by atoms with Gasteiger partial charge in [0.2, 0.25) is 0 Å². The summed E-state index contributed by atoms with van der Waals surface area (Å²) in [5.41, 5.74) is 0. The summed E-state index contributed by atoms with van der Waals surface area (Å²) in [6.45, 7) is 8.30. The van der Waals surface area contributed by atoms with Crippen LogP contribution in [0.3, 0.4) is 0 Å². The highest BCUT2D eigenvalue weighted by Gasteiger charge is 2.23. The van der Waals surface area contributed by atoms with Crippen LogP contribution in [0.2, 0.25) is 0 Å². The minimum Gasteiger partial charge on any atom is -0.384 e. The Bertz CT molecular complexity index is 194. The van der Waals surface area contributed by atoms with Gasteiger partial charge in [-0.1, -0.05) is 0 Å². The van der Waals surface area contributed by atoms with E-state index in [-0.39, 0.29) is 0 Å². The molecule has 0 aromatic carbocycles. The second-order valence-corrected chi connectivity index (χ2v) is 6.60. The Morgan fingerprint density at radius 1 is 0.737 bits per heavy atom. The lowest BCUT2D eigenvalue weighted by atomic mass is 10.3. The molecule has 1 heterocycles. The average molecular weight is 289 g/mol. The van der Waals surface area contributed by atoms with Crippen molar-refractivity contribution in [2.24, 2.45) is 0 Å². The van der Waals surface area contributed by atoms with Crippen LogP contribution in [0.4, 0.5) is 0 Å². The molecule has 0 spiro atoms. The van der Waals surface area contributed by atoms with E-state index in [1.54, 1.807) is 14.2 Å². The zero-order valence-electron chi connectivity index (χ0n) is 12.3. The molecule has 1 rings (SSSR count). The first kappa shape index (κ1) is 17.0. The molecule has 1 saturated heterocycles. The number of nitrogens with one attached hydrogen (secondary N) is 3. The van der Waals surface area contributed by atoms with Crippen molar-refractivity contribution in [3.63, 3.8) is 0 Å². The molecule has 0 amide bonds. The van der Waals surface area contributed by atoms with Crippen LogP contribution in [0.15, 0.2) is 0 Å². The van der Waals surface area contributed by atoms with E-state index in [1.165, 1.54) is 6.42 Å². The van der Waals surface area contributed by atoms with E-state index in [0.717, 1.165) is 58.8 Å². The molecule has 113 valence electrons. The highest BCUT2D eigenvalue weighted by atomic mass is 28.3. The van der Waals surface area contributed by atoms with Crippen LogP contribution in [0, 0.1) is 0 Å². The van der Waals surface area contributed by atoms with Crippen LogP contribution < -0.4 is 16.0 Å². The molecule has 1 aliphatic rings. The quantitative estimate of drug-likeness (QED) is 0.587. The Labute approximate surface area is 119 Å². The molecule has 3 N–H and O–H groups in total. The van der Waals surface area contributed by atoms with Crippen LogP contribution in [0.5, 0.6) is 0 Å². The van der Waals surface area contributed by atoms with Crippen molar-refractivity contribution >= 4 is 9.45 Å². The van der Waals surface area contributed by atoms with Crippen LogP contribution >= 0.6 is 0 Å². The molecule has 6 nitrogen and oxygen atoms in total. The fraction of sp³-hybridized carbons (Fsp3) is 1.00. The summed E-state index contributed by atoms with van der Waals surface area (Å²) in [5.74, 6) is 0. The van der Waals surface area contributed by atoms with Gasteiger partial charge >= 0.3 is 9.45 Å². The van der Waals surface area contributed by atoms with Gasteiger partial charge in [0.05, 0.1) is 0 Å². The number of hydrogen-bond donors (Lipinski definition) is 3. The van der Waals surface area contributed by atoms with Gasteiger partial charge in [0.25, 0.3) is 0 Å². The van der Waals surface area contributed by atoms with Gasteiger partial charge in [-0.2, -0.15) is 0 Å². The molecule has 19 heavy (non-hydrogen) atoms. The third kappa shape index (κ3) is 7.98. The second kappa shape index (κ2) is 11.8. The summed E-state index contributed by atoms with van der Waals surface area (Å²) in [7, 11) is 2.20. The molecule has 0 aromatic rings. The summed E-state index contributed by atoms with van der Waals surface area (Å²) in [6, 6.07) is 0. The van der Waals surface area contributed by atoms with Crippen molar-refractivity contribution < 1.29 is 8.85 Å². The summed E-state index contributed by atoms with van der Waals surface area (Å²) in [5, 5.41) is 10.4. The summed E-state index contributed by atoms with van der Waals surface area (Å²) in [4.78, 5) is 0. The predicted octanol–water partition coefficient (Wildman–Crippen LogP) is -0.871. The van der Waals surface area contributed by atoms with Gasteiger partial charge in [0.15, 0.2) is 0 Å². The van der Waals surface area contributed by atoms with Gasteiger partial charge in [-0.3, -0.25) is 4.57 Å². The number of nitrogens with zero attached hydrogens (tertiary/aromatic N) is 1. The average Bonchev–Trinajstić information content (AvgIpc) is 2.44. The fourth-order valence-electron chi connectivity index (χ4n) is 2.14. The minimum atomic E-state index is -1.27. The lowest BCUT2D eigenvalue weighted by molar-refractivity contribution is 0.197. The van der Waals surface area contributed by atoms with Crippen molar-refractivity contribution in [3.05, 3.63) is 0 Å². The van der Waals surface area contributed by atoms with E-state index in [1.807, 2.05) is 0 Å². The van der Waals surface area contributed by atoms with Gasteiger partial charge in [-0.15, -0.1) is 0 Å². The molecule has 0 bridgehead atoms. The summed E-state index contributed by atoms with van der Waals surface area (Å²) in [6.07, 6.45) is 2.30. The normalized spacial score (nSPS) is 22.3. The van der Waals surface area contributed by atoms with Gasteiger partial charge in [0.1, 0.15) is 0 Å². The molecular weight excluding hydrogens is 260 g/mol. The Balaban J connectivity index is 2.35. The largest absolute Gasteiger partial charge is 0.490 e. The number of rotatable bonds is 3. The zero-order valence-corrected chi connectivity index (χ0v) is 13.3. The molecule has 0 atom stereocenters. The van der Waals surface area contributed by atoms with Crippen LogP contribution in [-0.4, -0.2) is 80.6 Å². The standard InChI is InChI=1S/C12H29N4O2Si/c1-17-19(18-2)16-11-4-7-14-9-8-13-5-3-6-15-10-12-16/h13-15H,3-12H2,1-2H3. The summed E-state index contributed by atoms with van der Waals surface area (Å²) >= 11 is 0. The Hall–Kier alpha value is -0.0231. The van der Waals surface area contributed by atoms with Crippen LogP contribution in [-0.2, 0) is 8.85 Å². The van der Waals surface area contributed by atoms with Crippen molar-refractivity contribution in [2.75, 3.05) is 66.6 Å². The molecular formula is C12H29N4O2Si. The van der Waals surface area contributed by atoms with Crippen molar-refractivity contribution in [3.8, 4) is 0 Å². The van der Waals surface area contributed by atoms with E-state index in [9.17, 15) is 0 Å². The van der Waals surface area contributed by atoms with Crippen molar-refractivity contribution in [1.29, 1.82) is 0 Å². The Morgan fingerprint density at radius 2 is 1.32 bits per heavy atom. The number of hydrogen-bond acceptors (Lipinski definition) is 6. The third-order valence-electron chi connectivity index (χ3n) is 3.13. The third-order valence-corrected chi connectivity index (χ3v) is 4.80.